The first-order chi connectivity index (χ1) is 22.5. The number of hydrogen-bond donors (Lipinski definition) is 2. The van der Waals surface area contributed by atoms with E-state index >= 15 is 0 Å². The average Bonchev–Trinajstić information content (AvgIpc) is 3.07. The summed E-state index contributed by atoms with van der Waals surface area (Å²) in [5, 5.41) is 9.07. The van der Waals surface area contributed by atoms with Gasteiger partial charge < -0.3 is 49.7 Å². The molecule has 252 valence electrons. The summed E-state index contributed by atoms with van der Waals surface area (Å²) in [5.41, 5.74) is 0.280. The van der Waals surface area contributed by atoms with Gasteiger partial charge in [-0.2, -0.15) is 20.3 Å². The third-order valence-corrected chi connectivity index (χ3v) is 7.59. The van der Waals surface area contributed by atoms with Crippen molar-refractivity contribution in [2.45, 2.75) is 38.5 Å². The predicted octanol–water partition coefficient (Wildman–Crippen LogP) is 2.93. The van der Waals surface area contributed by atoms with Crippen molar-refractivity contribution in [3.05, 3.63) is 48.6 Å². The van der Waals surface area contributed by atoms with Crippen LogP contribution in [0.2, 0.25) is 0 Å². The van der Waals surface area contributed by atoms with E-state index in [0.29, 0.717) is 0 Å². The van der Waals surface area contributed by atoms with Crippen LogP contribution in [0.5, 0.6) is 0 Å². The zero-order chi connectivity index (χ0) is 34.9. The Balaban J connectivity index is 0.000000302. The molecule has 2 aliphatic rings. The van der Waals surface area contributed by atoms with Crippen LogP contribution in [0.4, 0.5) is 0 Å². The molecule has 0 N–H and O–H groups in total. The number of nitrogens with zero attached hydrogens (tertiary/aromatic N) is 10. The third kappa shape index (κ3) is 13.0. The molecule has 2 amide bonds. The fraction of sp³-hybridized carbons (Fsp3) is 0.417. The van der Waals surface area contributed by atoms with Crippen LogP contribution in [0.1, 0.15) is 59.5 Å². The quantitative estimate of drug-likeness (QED) is 0.153. The SMILES string of the molecule is O=C(c1cnccn1)N(C(=S)[S-])N(C(=S)S)N1CCCCC1.O=C(c1cnccn1)N(C(=S)[S-])N(C(=S)S)N1CCCCC1.[O]=[Mo+2]=[O]. The first-order valence-corrected chi connectivity index (χ1v) is 18.5. The molecule has 0 bridgehead atoms. The van der Waals surface area contributed by atoms with Gasteiger partial charge in [-0.25, -0.2) is 20.0 Å². The van der Waals surface area contributed by atoms with Gasteiger partial charge in [0.1, 0.15) is 11.4 Å². The van der Waals surface area contributed by atoms with Crippen molar-refractivity contribution in [1.29, 1.82) is 0 Å². The van der Waals surface area contributed by atoms with E-state index in [1.165, 1.54) is 47.4 Å². The zero-order valence-electron chi connectivity index (χ0n) is 24.4. The summed E-state index contributed by atoms with van der Waals surface area (Å²) in [5.74, 6) is -0.954. The second-order valence-electron chi connectivity index (χ2n) is 9.19. The van der Waals surface area contributed by atoms with Crippen LogP contribution in [0.3, 0.4) is 0 Å². The summed E-state index contributed by atoms with van der Waals surface area (Å²) in [4.78, 5) is 41.1. The summed E-state index contributed by atoms with van der Waals surface area (Å²) in [6, 6.07) is 0. The van der Waals surface area contributed by atoms with Gasteiger partial charge in [-0.3, -0.25) is 19.6 Å². The number of thiocarbonyl (C=S) groups is 4. The summed E-state index contributed by atoms with van der Waals surface area (Å²) in [7, 11) is 0. The van der Waals surface area contributed by atoms with E-state index in [1.54, 1.807) is 0 Å². The number of hydrazine groups is 4. The van der Waals surface area contributed by atoms with Crippen LogP contribution in [0.25, 0.3) is 0 Å². The minimum absolute atomic E-state index is 0.0439. The van der Waals surface area contributed by atoms with Crippen molar-refractivity contribution in [2.75, 3.05) is 26.2 Å². The summed E-state index contributed by atoms with van der Waals surface area (Å²) >= 11 is 37.0. The maximum atomic E-state index is 12.7. The van der Waals surface area contributed by atoms with E-state index in [9.17, 15) is 9.59 Å². The van der Waals surface area contributed by atoms with Crippen LogP contribution >= 0.6 is 74.1 Å². The number of thiol groups is 2. The fourth-order valence-corrected chi connectivity index (χ4v) is 5.80. The third-order valence-electron chi connectivity index (χ3n) is 6.22. The van der Waals surface area contributed by atoms with E-state index in [2.05, 4.69) is 45.2 Å². The number of hydrogen-bond acceptors (Lipinski definition) is 16. The molecular weight excluding hydrogens is 845 g/mol. The fourth-order valence-electron chi connectivity index (χ4n) is 4.33. The van der Waals surface area contributed by atoms with Crippen molar-refractivity contribution < 1.29 is 34.9 Å². The van der Waals surface area contributed by atoms with Gasteiger partial charge in [0, 0.05) is 51.0 Å². The van der Waals surface area contributed by atoms with Gasteiger partial charge in [-0.1, -0.05) is 12.8 Å². The van der Waals surface area contributed by atoms with Crippen LogP contribution in [-0.2, 0) is 50.5 Å². The second-order valence-corrected chi connectivity index (χ2v) is 13.8. The van der Waals surface area contributed by atoms with Crippen LogP contribution in [0.15, 0.2) is 37.2 Å². The standard InChI is InChI=1S/2C12H15N5OS4.Mo.2O/c2*18-10(9-8-13-4-5-14-9)16(11(19)20)17(12(21)22)15-6-2-1-3-7-15;;;/h2*4-5,8H,1-3,6-7H2,(H,19,20)(H,21,22);;;/q;;+2;;/p-2. The Kier molecular flexibility index (Phi) is 19.6. The van der Waals surface area contributed by atoms with Crippen molar-refractivity contribution in [1.82, 2.24) is 50.2 Å². The first kappa shape index (κ1) is 41.6. The van der Waals surface area contributed by atoms with Gasteiger partial charge in [-0.05, 0) is 58.8 Å². The second kappa shape index (κ2) is 22.2. The van der Waals surface area contributed by atoms with E-state index in [0.717, 1.165) is 74.7 Å². The Bertz CT molecular complexity index is 1330. The van der Waals surface area contributed by atoms with E-state index in [-0.39, 0.29) is 28.7 Å². The molecule has 2 aliphatic heterocycles. The van der Waals surface area contributed by atoms with Crippen molar-refractivity contribution in [3.8, 4) is 0 Å². The number of carbonyl (C=O) groups excluding carboxylic acids is 2. The van der Waals surface area contributed by atoms with Gasteiger partial charge >= 0.3 is 25.3 Å². The normalized spacial score (nSPS) is 14.3. The Labute approximate surface area is 324 Å². The van der Waals surface area contributed by atoms with Gasteiger partial charge in [0.05, 0.1) is 12.4 Å². The molecule has 14 nitrogen and oxygen atoms in total. The number of carbonyl (C=O) groups is 2. The molecule has 0 aliphatic carbocycles. The molecule has 0 atom stereocenters. The molecule has 0 saturated carbocycles. The monoisotopic (exact) mass is 874 g/mol. The minimum atomic E-state index is -2.03. The molecule has 0 unspecified atom stereocenters. The molecule has 47 heavy (non-hydrogen) atoms. The Morgan fingerprint density at radius 2 is 0.979 bits per heavy atom. The summed E-state index contributed by atoms with van der Waals surface area (Å²) in [6.07, 6.45) is 14.8. The van der Waals surface area contributed by atoms with Crippen molar-refractivity contribution >= 4 is 128 Å². The average molecular weight is 873 g/mol. The molecule has 0 spiro atoms. The number of piperidine rings is 2. The summed E-state index contributed by atoms with van der Waals surface area (Å²) in [6.45, 7) is 3.01. The summed E-state index contributed by atoms with van der Waals surface area (Å²) < 4.78 is 17.3. The van der Waals surface area contributed by atoms with Crippen LogP contribution in [0, 0.1) is 0 Å². The van der Waals surface area contributed by atoms with Gasteiger partial charge in [0.2, 0.25) is 0 Å². The van der Waals surface area contributed by atoms with E-state index < -0.39 is 30.3 Å². The first-order valence-electron chi connectivity index (χ1n) is 13.6. The zero-order valence-corrected chi connectivity index (χ0v) is 33.1. The molecule has 2 aromatic rings. The molecule has 0 radical (unpaired) electrons. The Morgan fingerprint density at radius 1 is 0.660 bits per heavy atom. The van der Waals surface area contributed by atoms with Gasteiger partial charge in [0.25, 0.3) is 11.8 Å². The van der Waals surface area contributed by atoms with Crippen LogP contribution < -0.4 is 0 Å². The van der Waals surface area contributed by atoms with Crippen molar-refractivity contribution in [2.24, 2.45) is 0 Å². The molecule has 2 fully saturated rings. The Morgan fingerprint density at radius 3 is 1.21 bits per heavy atom. The molecular formula is C24H28MoN10O4S8. The molecule has 2 aromatic heterocycles. The number of amides is 2. The molecule has 23 heteroatoms. The molecule has 2 saturated heterocycles. The molecule has 0 aromatic carbocycles. The predicted molar refractivity (Wildman–Crippen MR) is 195 cm³/mol. The maximum absolute atomic E-state index is 12.7. The van der Waals surface area contributed by atoms with Crippen LogP contribution in [-0.4, -0.2) is 105 Å². The number of aromatic nitrogens is 4. The Hall–Kier alpha value is -1.59. The van der Waals surface area contributed by atoms with Crippen molar-refractivity contribution in [3.63, 3.8) is 0 Å². The topological polar surface area (TPSA) is 139 Å². The number of rotatable bonds is 4. The molecule has 4 heterocycles. The molecule has 4 rings (SSSR count). The van der Waals surface area contributed by atoms with Gasteiger partial charge in [0.15, 0.2) is 8.64 Å². The van der Waals surface area contributed by atoms with Gasteiger partial charge in [-0.15, -0.1) is 25.3 Å². The van der Waals surface area contributed by atoms with E-state index in [1.807, 2.05) is 10.0 Å². The van der Waals surface area contributed by atoms with E-state index in [4.69, 9.17) is 80.9 Å².